The maximum atomic E-state index is 13.2. The van der Waals surface area contributed by atoms with Gasteiger partial charge in [-0.2, -0.15) is 0 Å². The first-order chi connectivity index (χ1) is 7.72. The fourth-order valence-corrected chi connectivity index (χ4v) is 2.17. The van der Waals surface area contributed by atoms with Crippen LogP contribution in [0.5, 0.6) is 0 Å². The molecule has 0 bridgehead atoms. The molecule has 0 saturated carbocycles. The maximum absolute atomic E-state index is 13.2. The van der Waals surface area contributed by atoms with E-state index in [0.29, 0.717) is 6.61 Å². The third-order valence-corrected chi connectivity index (χ3v) is 3.17. The number of benzene rings is 1. The van der Waals surface area contributed by atoms with Crippen molar-refractivity contribution in [1.82, 2.24) is 5.43 Å². The molecule has 5 heteroatoms. The summed E-state index contributed by atoms with van der Waals surface area (Å²) < 4.78 is 19.4. The van der Waals surface area contributed by atoms with E-state index >= 15 is 0 Å². The van der Waals surface area contributed by atoms with E-state index in [4.69, 9.17) is 10.6 Å². The molecule has 0 radical (unpaired) electrons. The highest BCUT2D eigenvalue weighted by Crippen LogP contribution is 2.31. The maximum Gasteiger partial charge on any atom is 0.123 e. The SMILES string of the molecule is NNC(C1=CCCO1)c1cc(F)ccc1Br. The highest BCUT2D eigenvalue weighted by molar-refractivity contribution is 9.10. The van der Waals surface area contributed by atoms with Gasteiger partial charge in [0.15, 0.2) is 0 Å². The van der Waals surface area contributed by atoms with E-state index in [2.05, 4.69) is 21.4 Å². The molecule has 1 aliphatic rings. The van der Waals surface area contributed by atoms with Gasteiger partial charge in [-0.05, 0) is 29.8 Å². The predicted molar refractivity (Wildman–Crippen MR) is 62.8 cm³/mol. The van der Waals surface area contributed by atoms with Crippen LogP contribution in [0.15, 0.2) is 34.5 Å². The lowest BCUT2D eigenvalue weighted by Gasteiger charge is -2.18. The van der Waals surface area contributed by atoms with Gasteiger partial charge < -0.3 is 4.74 Å². The zero-order chi connectivity index (χ0) is 11.5. The Bertz CT molecular complexity index is 422. The van der Waals surface area contributed by atoms with E-state index < -0.39 is 0 Å². The van der Waals surface area contributed by atoms with Gasteiger partial charge >= 0.3 is 0 Å². The second-order valence-electron chi connectivity index (χ2n) is 3.51. The van der Waals surface area contributed by atoms with Gasteiger partial charge in [0.2, 0.25) is 0 Å². The molecule has 0 aliphatic carbocycles. The minimum Gasteiger partial charge on any atom is -0.496 e. The molecule has 0 aromatic heterocycles. The van der Waals surface area contributed by atoms with E-state index in [1.165, 1.54) is 12.1 Å². The largest absolute Gasteiger partial charge is 0.496 e. The number of nitrogens with one attached hydrogen (secondary N) is 1. The molecule has 1 unspecified atom stereocenters. The van der Waals surface area contributed by atoms with Crippen molar-refractivity contribution in [2.75, 3.05) is 6.61 Å². The molecule has 0 saturated heterocycles. The second-order valence-corrected chi connectivity index (χ2v) is 4.36. The van der Waals surface area contributed by atoms with Crippen LogP contribution in [0.2, 0.25) is 0 Å². The number of hydrogen-bond acceptors (Lipinski definition) is 3. The summed E-state index contributed by atoms with van der Waals surface area (Å²) in [4.78, 5) is 0. The number of rotatable bonds is 3. The van der Waals surface area contributed by atoms with Crippen LogP contribution in [0.25, 0.3) is 0 Å². The number of hydrazine groups is 1. The van der Waals surface area contributed by atoms with E-state index in [-0.39, 0.29) is 11.9 Å². The molecule has 2 rings (SSSR count). The summed E-state index contributed by atoms with van der Waals surface area (Å²) in [5, 5.41) is 0. The standard InChI is InChI=1S/C11H12BrFN2O/c12-9-4-3-7(13)6-8(9)11(15-14)10-2-1-5-16-10/h2-4,6,11,15H,1,5,14H2. The quantitative estimate of drug-likeness (QED) is 0.663. The molecule has 0 amide bonds. The Morgan fingerprint density at radius 3 is 2.94 bits per heavy atom. The number of hydrogen-bond donors (Lipinski definition) is 2. The Labute approximate surface area is 102 Å². The number of ether oxygens (including phenoxy) is 1. The smallest absolute Gasteiger partial charge is 0.123 e. The minimum absolute atomic E-state index is 0.294. The average Bonchev–Trinajstić information content (AvgIpc) is 2.78. The first-order valence-corrected chi connectivity index (χ1v) is 5.75. The zero-order valence-corrected chi connectivity index (χ0v) is 10.1. The van der Waals surface area contributed by atoms with Crippen molar-refractivity contribution in [3.05, 3.63) is 45.9 Å². The Kier molecular flexibility index (Phi) is 3.58. The van der Waals surface area contributed by atoms with E-state index in [1.54, 1.807) is 6.07 Å². The summed E-state index contributed by atoms with van der Waals surface area (Å²) >= 11 is 3.37. The van der Waals surface area contributed by atoms with Crippen molar-refractivity contribution in [3.8, 4) is 0 Å². The van der Waals surface area contributed by atoms with Gasteiger partial charge in [0.1, 0.15) is 17.6 Å². The van der Waals surface area contributed by atoms with Gasteiger partial charge in [0, 0.05) is 10.9 Å². The highest BCUT2D eigenvalue weighted by atomic mass is 79.9. The Balaban J connectivity index is 2.35. The Morgan fingerprint density at radius 2 is 2.31 bits per heavy atom. The van der Waals surface area contributed by atoms with E-state index in [1.807, 2.05) is 6.08 Å². The van der Waals surface area contributed by atoms with E-state index in [0.717, 1.165) is 22.2 Å². The summed E-state index contributed by atoms with van der Waals surface area (Å²) in [5.74, 6) is 5.94. The van der Waals surface area contributed by atoms with Crippen molar-refractivity contribution in [3.63, 3.8) is 0 Å². The van der Waals surface area contributed by atoms with Crippen LogP contribution in [0.4, 0.5) is 4.39 Å². The minimum atomic E-state index is -0.312. The molecule has 16 heavy (non-hydrogen) atoms. The molecule has 1 aromatic carbocycles. The van der Waals surface area contributed by atoms with Gasteiger partial charge in [-0.15, -0.1) is 0 Å². The summed E-state index contributed by atoms with van der Waals surface area (Å²) in [6.45, 7) is 0.653. The summed E-state index contributed by atoms with van der Waals surface area (Å²) in [6.07, 6.45) is 2.82. The second kappa shape index (κ2) is 4.95. The van der Waals surface area contributed by atoms with Crippen molar-refractivity contribution in [2.45, 2.75) is 12.5 Å². The van der Waals surface area contributed by atoms with Crippen LogP contribution >= 0.6 is 15.9 Å². The summed E-state index contributed by atoms with van der Waals surface area (Å²) in [6, 6.07) is 4.18. The van der Waals surface area contributed by atoms with E-state index in [9.17, 15) is 4.39 Å². The molecule has 1 aromatic rings. The lowest BCUT2D eigenvalue weighted by Crippen LogP contribution is -2.30. The summed E-state index contributed by atoms with van der Waals surface area (Å²) in [7, 11) is 0. The highest BCUT2D eigenvalue weighted by Gasteiger charge is 2.21. The molecule has 3 N–H and O–H groups in total. The topological polar surface area (TPSA) is 47.3 Å². The van der Waals surface area contributed by atoms with Crippen molar-refractivity contribution < 1.29 is 9.13 Å². The average molecular weight is 287 g/mol. The fourth-order valence-electron chi connectivity index (χ4n) is 1.70. The Morgan fingerprint density at radius 1 is 1.50 bits per heavy atom. The van der Waals surface area contributed by atoms with Crippen molar-refractivity contribution >= 4 is 15.9 Å². The van der Waals surface area contributed by atoms with Crippen LogP contribution in [-0.4, -0.2) is 6.61 Å². The molecule has 0 fully saturated rings. The lowest BCUT2D eigenvalue weighted by atomic mass is 10.1. The normalized spacial score (nSPS) is 16.8. The molecule has 1 aliphatic heterocycles. The van der Waals surface area contributed by atoms with Crippen LogP contribution in [0.3, 0.4) is 0 Å². The third-order valence-electron chi connectivity index (χ3n) is 2.45. The monoisotopic (exact) mass is 286 g/mol. The molecule has 3 nitrogen and oxygen atoms in total. The fraction of sp³-hybridized carbons (Fsp3) is 0.273. The molecule has 0 spiro atoms. The zero-order valence-electron chi connectivity index (χ0n) is 8.54. The summed E-state index contributed by atoms with van der Waals surface area (Å²) in [5.41, 5.74) is 3.37. The van der Waals surface area contributed by atoms with Crippen LogP contribution in [0.1, 0.15) is 18.0 Å². The van der Waals surface area contributed by atoms with Crippen LogP contribution in [0, 0.1) is 5.82 Å². The van der Waals surface area contributed by atoms with Gasteiger partial charge in [0.25, 0.3) is 0 Å². The van der Waals surface area contributed by atoms with Gasteiger partial charge in [-0.3, -0.25) is 5.84 Å². The number of nitrogens with two attached hydrogens (primary N) is 1. The Hall–Kier alpha value is -0.910. The molecule has 1 heterocycles. The first-order valence-electron chi connectivity index (χ1n) is 4.96. The molecule has 86 valence electrons. The third kappa shape index (κ3) is 2.26. The van der Waals surface area contributed by atoms with Crippen LogP contribution < -0.4 is 11.3 Å². The van der Waals surface area contributed by atoms with Gasteiger partial charge in [0.05, 0.1) is 6.61 Å². The first kappa shape index (κ1) is 11.6. The predicted octanol–water partition coefficient (Wildman–Crippen LogP) is 2.40. The molecular formula is C11H12BrFN2O. The van der Waals surface area contributed by atoms with Crippen molar-refractivity contribution in [2.24, 2.45) is 5.84 Å². The lowest BCUT2D eigenvalue weighted by molar-refractivity contribution is 0.215. The van der Waals surface area contributed by atoms with Gasteiger partial charge in [-0.25, -0.2) is 9.82 Å². The van der Waals surface area contributed by atoms with Gasteiger partial charge in [-0.1, -0.05) is 15.9 Å². The molecular weight excluding hydrogens is 275 g/mol. The van der Waals surface area contributed by atoms with Crippen LogP contribution in [-0.2, 0) is 4.74 Å². The molecule has 1 atom stereocenters. The van der Waals surface area contributed by atoms with Crippen molar-refractivity contribution in [1.29, 1.82) is 0 Å². The number of halogens is 2.